The van der Waals surface area contributed by atoms with E-state index in [1.54, 1.807) is 44.4 Å². The number of methoxy groups -OCH3 is 1. The molecule has 2 aromatic carbocycles. The number of ether oxygens (including phenoxy) is 4. The van der Waals surface area contributed by atoms with Crippen molar-refractivity contribution in [2.75, 3.05) is 26.9 Å². The van der Waals surface area contributed by atoms with Gasteiger partial charge in [0.2, 0.25) is 10.2 Å². The summed E-state index contributed by atoms with van der Waals surface area (Å²) >= 11 is 0.197. The number of amides is 1. The SMILES string of the molecule is CCOc1cc(/C=C2/C(=N)N3N=C(C(F)(F)F)SC3=NC2=O)ccc1OCCOc1ccccc1OC. The third kappa shape index (κ3) is 5.88. The first kappa shape index (κ1) is 26.1. The summed E-state index contributed by atoms with van der Waals surface area (Å²) in [7, 11) is 1.55. The molecule has 0 atom stereocenters. The van der Waals surface area contributed by atoms with Gasteiger partial charge in [-0.2, -0.15) is 28.3 Å². The molecule has 2 aliphatic heterocycles. The topological polar surface area (TPSA) is 106 Å². The number of nitrogens with zero attached hydrogens (tertiary/aromatic N) is 3. The van der Waals surface area contributed by atoms with Crippen molar-refractivity contribution in [1.82, 2.24) is 5.01 Å². The van der Waals surface area contributed by atoms with Gasteiger partial charge in [0, 0.05) is 0 Å². The van der Waals surface area contributed by atoms with Crippen LogP contribution < -0.4 is 18.9 Å². The largest absolute Gasteiger partial charge is 0.493 e. The van der Waals surface area contributed by atoms with Crippen LogP contribution in [-0.4, -0.2) is 60.1 Å². The molecule has 9 nitrogen and oxygen atoms in total. The summed E-state index contributed by atoms with van der Waals surface area (Å²) < 4.78 is 61.4. The Balaban J connectivity index is 1.48. The molecular weight excluding hydrogens is 513 g/mol. The molecule has 13 heteroatoms. The summed E-state index contributed by atoms with van der Waals surface area (Å²) in [5.74, 6) is 0.634. The van der Waals surface area contributed by atoms with Crippen LogP contribution in [-0.2, 0) is 4.79 Å². The molecule has 0 fully saturated rings. The van der Waals surface area contributed by atoms with Crippen LogP contribution in [0, 0.1) is 5.41 Å². The average Bonchev–Trinajstić information content (AvgIpc) is 3.31. The Morgan fingerprint density at radius 1 is 1.03 bits per heavy atom. The highest BCUT2D eigenvalue weighted by Crippen LogP contribution is 2.36. The Morgan fingerprint density at radius 2 is 1.70 bits per heavy atom. The van der Waals surface area contributed by atoms with Gasteiger partial charge in [-0.3, -0.25) is 10.2 Å². The third-order valence-corrected chi connectivity index (χ3v) is 5.90. The Hall–Kier alpha value is -4.00. The van der Waals surface area contributed by atoms with Crippen molar-refractivity contribution in [2.24, 2.45) is 10.1 Å². The monoisotopic (exact) mass is 534 g/mol. The Labute approximate surface area is 214 Å². The van der Waals surface area contributed by atoms with Gasteiger partial charge in [-0.25, -0.2) is 0 Å². The minimum Gasteiger partial charge on any atom is -0.493 e. The van der Waals surface area contributed by atoms with Gasteiger partial charge in [0.25, 0.3) is 5.91 Å². The number of benzene rings is 2. The number of carbonyl (C=O) groups excluding carboxylic acids is 1. The lowest BCUT2D eigenvalue weighted by atomic mass is 10.1. The lowest BCUT2D eigenvalue weighted by Crippen LogP contribution is -2.35. The van der Waals surface area contributed by atoms with Gasteiger partial charge >= 0.3 is 6.18 Å². The summed E-state index contributed by atoms with van der Waals surface area (Å²) in [6.07, 6.45) is -3.37. The maximum absolute atomic E-state index is 13.0. The predicted octanol–water partition coefficient (Wildman–Crippen LogP) is 4.73. The molecule has 0 aromatic heterocycles. The summed E-state index contributed by atoms with van der Waals surface area (Å²) in [5.41, 5.74) is 0.248. The number of para-hydroxylation sites is 2. The molecule has 2 aliphatic rings. The molecule has 2 heterocycles. The standard InChI is InChI=1S/C24H21F3N4O5S/c1-3-34-19-13-14(8-9-18(19)36-11-10-35-17-7-5-4-6-16(17)33-2)12-15-20(28)31-23(29-21(15)32)37-22(30-31)24(25,26)27/h4-9,12-13,28H,3,10-11H2,1-2H3/b15-12-,28-20?. The summed E-state index contributed by atoms with van der Waals surface area (Å²) in [5, 5.41) is 10.8. The molecule has 1 N–H and O–H groups in total. The fourth-order valence-corrected chi connectivity index (χ4v) is 4.07. The maximum Gasteiger partial charge on any atom is 0.441 e. The van der Waals surface area contributed by atoms with E-state index in [0.717, 1.165) is 0 Å². The lowest BCUT2D eigenvalue weighted by Gasteiger charge is -2.20. The number of alkyl halides is 3. The number of aliphatic imine (C=N–C) groups is 1. The van der Waals surface area contributed by atoms with Crippen LogP contribution in [0.4, 0.5) is 13.2 Å². The smallest absolute Gasteiger partial charge is 0.441 e. The number of fused-ring (bicyclic) bond motifs is 1. The number of carbonyl (C=O) groups is 1. The van der Waals surface area contributed by atoms with Gasteiger partial charge in [-0.05, 0) is 54.6 Å². The molecule has 194 valence electrons. The zero-order valence-corrected chi connectivity index (χ0v) is 20.5. The van der Waals surface area contributed by atoms with Crippen molar-refractivity contribution < 1.29 is 36.9 Å². The Morgan fingerprint density at radius 3 is 2.35 bits per heavy atom. The first-order chi connectivity index (χ1) is 17.7. The summed E-state index contributed by atoms with van der Waals surface area (Å²) in [6.45, 7) is 2.55. The van der Waals surface area contributed by atoms with Crippen LogP contribution >= 0.6 is 11.8 Å². The molecule has 0 unspecified atom stereocenters. The van der Waals surface area contributed by atoms with E-state index in [2.05, 4.69) is 10.1 Å². The molecule has 0 saturated carbocycles. The fourth-order valence-electron chi connectivity index (χ4n) is 3.32. The van der Waals surface area contributed by atoms with E-state index in [0.29, 0.717) is 40.2 Å². The summed E-state index contributed by atoms with van der Waals surface area (Å²) in [4.78, 5) is 16.1. The first-order valence-electron chi connectivity index (χ1n) is 10.9. The summed E-state index contributed by atoms with van der Waals surface area (Å²) in [6, 6.07) is 12.1. The molecule has 0 saturated heterocycles. The Kier molecular flexibility index (Phi) is 7.71. The van der Waals surface area contributed by atoms with Gasteiger partial charge in [-0.15, -0.1) is 0 Å². The highest BCUT2D eigenvalue weighted by molar-refractivity contribution is 8.27. The van der Waals surface area contributed by atoms with Crippen LogP contribution in [0.1, 0.15) is 12.5 Å². The van der Waals surface area contributed by atoms with Crippen LogP contribution in [0.3, 0.4) is 0 Å². The van der Waals surface area contributed by atoms with E-state index < -0.39 is 23.0 Å². The zero-order valence-electron chi connectivity index (χ0n) is 19.7. The van der Waals surface area contributed by atoms with E-state index in [-0.39, 0.29) is 35.7 Å². The molecule has 4 rings (SSSR count). The van der Waals surface area contributed by atoms with Crippen molar-refractivity contribution in [3.8, 4) is 23.0 Å². The molecule has 0 aliphatic carbocycles. The lowest BCUT2D eigenvalue weighted by molar-refractivity contribution is -0.114. The van der Waals surface area contributed by atoms with Crippen molar-refractivity contribution in [3.63, 3.8) is 0 Å². The van der Waals surface area contributed by atoms with Crippen LogP contribution in [0.2, 0.25) is 0 Å². The zero-order chi connectivity index (χ0) is 26.6. The van der Waals surface area contributed by atoms with Gasteiger partial charge in [-0.1, -0.05) is 18.2 Å². The van der Waals surface area contributed by atoms with Gasteiger partial charge in [0.15, 0.2) is 28.8 Å². The van der Waals surface area contributed by atoms with Gasteiger partial charge < -0.3 is 18.9 Å². The molecular formula is C24H21F3N4O5S. The van der Waals surface area contributed by atoms with E-state index in [9.17, 15) is 18.0 Å². The Bertz CT molecular complexity index is 1310. The number of thioether (sulfide) groups is 1. The highest BCUT2D eigenvalue weighted by atomic mass is 32.2. The molecule has 37 heavy (non-hydrogen) atoms. The van der Waals surface area contributed by atoms with E-state index in [1.165, 1.54) is 6.08 Å². The first-order valence-corrected chi connectivity index (χ1v) is 11.8. The number of hydrazone groups is 1. The fraction of sp³-hybridized carbons (Fsp3) is 0.250. The van der Waals surface area contributed by atoms with Crippen molar-refractivity contribution in [2.45, 2.75) is 13.1 Å². The quantitative estimate of drug-likeness (QED) is 0.366. The second-order valence-corrected chi connectivity index (χ2v) is 8.37. The minimum atomic E-state index is -4.71. The van der Waals surface area contributed by atoms with Crippen molar-refractivity contribution >= 4 is 39.8 Å². The number of halogens is 3. The number of rotatable bonds is 9. The average molecular weight is 535 g/mol. The van der Waals surface area contributed by atoms with E-state index >= 15 is 0 Å². The van der Waals surface area contributed by atoms with E-state index in [1.807, 2.05) is 12.1 Å². The third-order valence-electron chi connectivity index (χ3n) is 4.94. The van der Waals surface area contributed by atoms with Crippen LogP contribution in [0.5, 0.6) is 23.0 Å². The second-order valence-electron chi connectivity index (χ2n) is 7.41. The van der Waals surface area contributed by atoms with Crippen LogP contribution in [0.25, 0.3) is 6.08 Å². The van der Waals surface area contributed by atoms with Crippen molar-refractivity contribution in [3.05, 3.63) is 53.6 Å². The molecule has 1 amide bonds. The second kappa shape index (κ2) is 10.9. The van der Waals surface area contributed by atoms with Crippen LogP contribution in [0.15, 0.2) is 58.1 Å². The molecule has 2 aromatic rings. The molecule has 0 bridgehead atoms. The van der Waals surface area contributed by atoms with Gasteiger partial charge in [0.1, 0.15) is 13.2 Å². The van der Waals surface area contributed by atoms with E-state index in [4.69, 9.17) is 24.4 Å². The molecule has 0 radical (unpaired) electrons. The molecule has 0 spiro atoms. The maximum atomic E-state index is 13.0. The number of hydrogen-bond donors (Lipinski definition) is 1. The minimum absolute atomic E-state index is 0.197. The number of amidine groups is 2. The van der Waals surface area contributed by atoms with Gasteiger partial charge in [0.05, 0.1) is 19.3 Å². The highest BCUT2D eigenvalue weighted by Gasteiger charge is 2.46. The number of hydrogen-bond acceptors (Lipinski definition) is 8. The normalized spacial score (nSPS) is 16.4. The predicted molar refractivity (Wildman–Crippen MR) is 133 cm³/mol. The van der Waals surface area contributed by atoms with Crippen molar-refractivity contribution in [1.29, 1.82) is 5.41 Å². The number of nitrogens with one attached hydrogen (secondary N) is 1.